The molecule has 0 saturated heterocycles. The minimum Gasteiger partial charge on any atom is -0.389 e. The molecular weight excluding hydrogens is 220 g/mol. The van der Waals surface area contributed by atoms with Gasteiger partial charge in [-0.3, -0.25) is 0 Å². The van der Waals surface area contributed by atoms with Crippen molar-refractivity contribution in [2.24, 2.45) is 0 Å². The number of nitrogens with zero attached hydrogens (tertiary/aromatic N) is 1. The van der Waals surface area contributed by atoms with Gasteiger partial charge in [-0.1, -0.05) is 30.3 Å². The van der Waals surface area contributed by atoms with E-state index >= 15 is 0 Å². The van der Waals surface area contributed by atoms with Gasteiger partial charge in [0.1, 0.15) is 5.01 Å². The van der Waals surface area contributed by atoms with Gasteiger partial charge < -0.3 is 10.4 Å². The fourth-order valence-electron chi connectivity index (χ4n) is 1.57. The van der Waals surface area contributed by atoms with Crippen LogP contribution in [-0.2, 0) is 13.2 Å². The Morgan fingerprint density at radius 3 is 2.69 bits per heavy atom. The molecule has 0 aliphatic carbocycles. The largest absolute Gasteiger partial charge is 0.389 e. The normalized spacial score (nSPS) is 10.6. The Morgan fingerprint density at radius 1 is 1.31 bits per heavy atom. The van der Waals surface area contributed by atoms with Crippen molar-refractivity contribution in [3.63, 3.8) is 0 Å². The summed E-state index contributed by atoms with van der Waals surface area (Å²) in [6.45, 7) is 0.788. The molecule has 2 N–H and O–H groups in total. The Kier molecular flexibility index (Phi) is 3.66. The fourth-order valence-corrected chi connectivity index (χ4v) is 2.53. The van der Waals surface area contributed by atoms with Gasteiger partial charge in [0.25, 0.3) is 0 Å². The second kappa shape index (κ2) is 5.21. The minimum atomic E-state index is 0.00815. The van der Waals surface area contributed by atoms with Crippen LogP contribution < -0.4 is 5.32 Å². The standard InChI is InChI=1S/C12H14N2OS/c1-13-7-10-12(14-11(8-15)16-10)9-5-3-2-4-6-9/h2-6,13,15H,7-8H2,1H3. The van der Waals surface area contributed by atoms with Crippen LogP contribution in [0.2, 0.25) is 0 Å². The Balaban J connectivity index is 2.42. The molecule has 2 rings (SSSR count). The molecule has 0 fully saturated rings. The number of benzene rings is 1. The van der Waals surface area contributed by atoms with E-state index in [-0.39, 0.29) is 6.61 Å². The summed E-state index contributed by atoms with van der Waals surface area (Å²) >= 11 is 1.56. The van der Waals surface area contributed by atoms with Crippen LogP contribution in [0.15, 0.2) is 30.3 Å². The van der Waals surface area contributed by atoms with E-state index in [1.807, 2.05) is 37.4 Å². The quantitative estimate of drug-likeness (QED) is 0.850. The van der Waals surface area contributed by atoms with Crippen LogP contribution in [0.4, 0.5) is 0 Å². The molecule has 0 aliphatic rings. The van der Waals surface area contributed by atoms with Gasteiger partial charge in [0.05, 0.1) is 12.3 Å². The van der Waals surface area contributed by atoms with Crippen LogP contribution >= 0.6 is 11.3 Å². The summed E-state index contributed by atoms with van der Waals surface area (Å²) in [6.07, 6.45) is 0. The van der Waals surface area contributed by atoms with Crippen LogP contribution in [-0.4, -0.2) is 17.1 Å². The van der Waals surface area contributed by atoms with E-state index in [9.17, 15) is 0 Å². The highest BCUT2D eigenvalue weighted by atomic mass is 32.1. The molecule has 0 amide bonds. The SMILES string of the molecule is CNCc1sc(CO)nc1-c1ccccc1. The molecule has 0 radical (unpaired) electrons. The molecule has 3 nitrogen and oxygen atoms in total. The molecule has 0 spiro atoms. The van der Waals surface area contributed by atoms with Crippen LogP contribution in [0.25, 0.3) is 11.3 Å². The first kappa shape index (κ1) is 11.3. The zero-order chi connectivity index (χ0) is 11.4. The maximum absolute atomic E-state index is 9.12. The summed E-state index contributed by atoms with van der Waals surface area (Å²) in [6, 6.07) is 10.1. The lowest BCUT2D eigenvalue weighted by Crippen LogP contribution is -2.04. The van der Waals surface area contributed by atoms with Crippen LogP contribution in [0.3, 0.4) is 0 Å². The molecule has 1 aromatic heterocycles. The molecule has 0 unspecified atom stereocenters. The molecule has 1 heterocycles. The van der Waals surface area contributed by atoms with Gasteiger partial charge in [-0.25, -0.2) is 4.98 Å². The predicted octanol–water partition coefficient (Wildman–Crippen LogP) is 2.02. The summed E-state index contributed by atoms with van der Waals surface area (Å²) in [7, 11) is 1.91. The fraction of sp³-hybridized carbons (Fsp3) is 0.250. The van der Waals surface area contributed by atoms with E-state index in [2.05, 4.69) is 10.3 Å². The van der Waals surface area contributed by atoms with Crippen LogP contribution in [0.5, 0.6) is 0 Å². The van der Waals surface area contributed by atoms with Crippen LogP contribution in [0.1, 0.15) is 9.88 Å². The highest BCUT2D eigenvalue weighted by Crippen LogP contribution is 2.28. The summed E-state index contributed by atoms with van der Waals surface area (Å²) in [4.78, 5) is 5.61. The summed E-state index contributed by atoms with van der Waals surface area (Å²) in [5.74, 6) is 0. The van der Waals surface area contributed by atoms with Crippen molar-refractivity contribution in [2.45, 2.75) is 13.2 Å². The van der Waals surface area contributed by atoms with Crippen molar-refractivity contribution in [1.29, 1.82) is 0 Å². The maximum atomic E-state index is 9.12. The average molecular weight is 234 g/mol. The Hall–Kier alpha value is -1.23. The monoisotopic (exact) mass is 234 g/mol. The highest BCUT2D eigenvalue weighted by molar-refractivity contribution is 7.12. The number of hydrogen-bond donors (Lipinski definition) is 2. The number of aliphatic hydroxyl groups excluding tert-OH is 1. The topological polar surface area (TPSA) is 45.1 Å². The Bertz CT molecular complexity index is 453. The summed E-state index contributed by atoms with van der Waals surface area (Å²) in [5.41, 5.74) is 2.08. The first-order chi connectivity index (χ1) is 7.85. The van der Waals surface area contributed by atoms with Crippen molar-refractivity contribution >= 4 is 11.3 Å². The molecule has 4 heteroatoms. The molecule has 0 bridgehead atoms. The van der Waals surface area contributed by atoms with E-state index in [4.69, 9.17) is 5.11 Å². The number of rotatable bonds is 4. The zero-order valence-electron chi connectivity index (χ0n) is 9.10. The number of aromatic nitrogens is 1. The molecule has 84 valence electrons. The van der Waals surface area contributed by atoms with E-state index in [0.717, 1.165) is 27.7 Å². The molecule has 2 aromatic rings. The molecule has 1 aromatic carbocycles. The smallest absolute Gasteiger partial charge is 0.119 e. The number of hydrogen-bond acceptors (Lipinski definition) is 4. The molecule has 0 aliphatic heterocycles. The van der Waals surface area contributed by atoms with Crippen molar-refractivity contribution in [3.8, 4) is 11.3 Å². The van der Waals surface area contributed by atoms with Gasteiger partial charge in [-0.05, 0) is 7.05 Å². The van der Waals surface area contributed by atoms with E-state index in [1.165, 1.54) is 0 Å². The van der Waals surface area contributed by atoms with Gasteiger partial charge in [0, 0.05) is 17.0 Å². The lowest BCUT2D eigenvalue weighted by Gasteiger charge is -2.00. The van der Waals surface area contributed by atoms with E-state index < -0.39 is 0 Å². The van der Waals surface area contributed by atoms with Crippen molar-refractivity contribution in [2.75, 3.05) is 7.05 Å². The first-order valence-electron chi connectivity index (χ1n) is 5.14. The number of thiazole rings is 1. The zero-order valence-corrected chi connectivity index (χ0v) is 9.92. The number of aliphatic hydroxyl groups is 1. The van der Waals surface area contributed by atoms with Crippen molar-refractivity contribution in [3.05, 3.63) is 40.2 Å². The van der Waals surface area contributed by atoms with E-state index in [1.54, 1.807) is 11.3 Å². The maximum Gasteiger partial charge on any atom is 0.119 e. The van der Waals surface area contributed by atoms with Crippen LogP contribution in [0, 0.1) is 0 Å². The average Bonchev–Trinajstić information content (AvgIpc) is 2.74. The second-order valence-electron chi connectivity index (χ2n) is 3.43. The lowest BCUT2D eigenvalue weighted by atomic mass is 10.1. The lowest BCUT2D eigenvalue weighted by molar-refractivity contribution is 0.281. The molecule has 16 heavy (non-hydrogen) atoms. The molecular formula is C12H14N2OS. The van der Waals surface area contributed by atoms with Gasteiger partial charge in [-0.2, -0.15) is 0 Å². The third-order valence-corrected chi connectivity index (χ3v) is 3.30. The first-order valence-corrected chi connectivity index (χ1v) is 5.96. The third-order valence-electron chi connectivity index (χ3n) is 2.26. The molecule has 0 atom stereocenters. The minimum absolute atomic E-state index is 0.00815. The summed E-state index contributed by atoms with van der Waals surface area (Å²) < 4.78 is 0. The van der Waals surface area contributed by atoms with Crippen molar-refractivity contribution < 1.29 is 5.11 Å². The van der Waals surface area contributed by atoms with Gasteiger partial charge in [-0.15, -0.1) is 11.3 Å². The van der Waals surface area contributed by atoms with Gasteiger partial charge >= 0.3 is 0 Å². The Labute approximate surface area is 98.8 Å². The van der Waals surface area contributed by atoms with Gasteiger partial charge in [0.2, 0.25) is 0 Å². The number of nitrogens with one attached hydrogen (secondary N) is 1. The van der Waals surface area contributed by atoms with Gasteiger partial charge in [0.15, 0.2) is 0 Å². The predicted molar refractivity (Wildman–Crippen MR) is 66.2 cm³/mol. The van der Waals surface area contributed by atoms with E-state index in [0.29, 0.717) is 0 Å². The Morgan fingerprint density at radius 2 is 2.06 bits per heavy atom. The third kappa shape index (κ3) is 2.29. The summed E-state index contributed by atoms with van der Waals surface area (Å²) in [5, 5.41) is 13.0. The molecule has 0 saturated carbocycles. The second-order valence-corrected chi connectivity index (χ2v) is 4.60. The highest BCUT2D eigenvalue weighted by Gasteiger charge is 2.11. The van der Waals surface area contributed by atoms with Crippen molar-refractivity contribution in [1.82, 2.24) is 10.3 Å².